The summed E-state index contributed by atoms with van der Waals surface area (Å²) in [4.78, 5) is 12.6. The van der Waals surface area contributed by atoms with E-state index >= 15 is 0 Å². The zero-order valence-corrected chi connectivity index (χ0v) is 19.8. The van der Waals surface area contributed by atoms with Gasteiger partial charge in [-0.25, -0.2) is 13.2 Å². The van der Waals surface area contributed by atoms with Gasteiger partial charge in [-0.15, -0.1) is 0 Å². The second kappa shape index (κ2) is 11.5. The number of halogens is 2. The summed E-state index contributed by atoms with van der Waals surface area (Å²) in [7, 11) is -1.20. The van der Waals surface area contributed by atoms with Gasteiger partial charge in [-0.05, 0) is 48.7 Å². The van der Waals surface area contributed by atoms with Crippen LogP contribution in [0.15, 0.2) is 41.3 Å². The first-order valence-electron chi connectivity index (χ1n) is 10.7. The molecule has 8 nitrogen and oxygen atoms in total. The summed E-state index contributed by atoms with van der Waals surface area (Å²) in [6.07, 6.45) is 3.48. The Labute approximate surface area is 197 Å². The van der Waals surface area contributed by atoms with Crippen LogP contribution in [0.4, 0.5) is 8.78 Å². The van der Waals surface area contributed by atoms with E-state index in [2.05, 4.69) is 4.74 Å². The minimum absolute atomic E-state index is 0.0406. The molecule has 1 aliphatic heterocycles. The van der Waals surface area contributed by atoms with Crippen molar-refractivity contribution in [1.82, 2.24) is 4.31 Å². The normalized spacial score (nSPS) is 15.0. The van der Waals surface area contributed by atoms with E-state index in [1.54, 1.807) is 0 Å². The third kappa shape index (κ3) is 6.15. The molecule has 11 heteroatoms. The van der Waals surface area contributed by atoms with Crippen LogP contribution >= 0.6 is 0 Å². The quantitative estimate of drug-likeness (QED) is 0.477. The van der Waals surface area contributed by atoms with Crippen LogP contribution in [0.1, 0.15) is 41.6 Å². The molecular weight excluding hydrogens is 472 g/mol. The van der Waals surface area contributed by atoms with Gasteiger partial charge in [-0.1, -0.05) is 18.9 Å². The molecule has 34 heavy (non-hydrogen) atoms. The van der Waals surface area contributed by atoms with Crippen LogP contribution in [-0.4, -0.2) is 52.6 Å². The molecule has 2 aromatic rings. The zero-order chi connectivity index (χ0) is 24.7. The molecule has 0 atom stereocenters. The summed E-state index contributed by atoms with van der Waals surface area (Å²) in [6, 6.07) is 8.24. The predicted molar refractivity (Wildman–Crippen MR) is 119 cm³/mol. The van der Waals surface area contributed by atoms with Crippen molar-refractivity contribution < 1.29 is 40.9 Å². The van der Waals surface area contributed by atoms with Crippen molar-refractivity contribution >= 4 is 16.0 Å². The highest BCUT2D eigenvalue weighted by atomic mass is 32.2. The molecule has 1 saturated heterocycles. The third-order valence-electron chi connectivity index (χ3n) is 5.40. The van der Waals surface area contributed by atoms with Gasteiger partial charge in [0, 0.05) is 13.1 Å². The third-order valence-corrected chi connectivity index (χ3v) is 7.32. The molecule has 0 radical (unpaired) electrons. The Morgan fingerprint density at radius 3 is 2.21 bits per heavy atom. The predicted octanol–water partition coefficient (Wildman–Crippen LogP) is 4.23. The number of benzene rings is 2. The number of rotatable bonds is 9. The molecule has 0 saturated carbocycles. The van der Waals surface area contributed by atoms with Crippen molar-refractivity contribution in [3.63, 3.8) is 0 Å². The summed E-state index contributed by atoms with van der Waals surface area (Å²) in [5.74, 6) is -0.697. The Bertz CT molecular complexity index is 1100. The maximum atomic E-state index is 13.3. The number of hydrogen-bond donors (Lipinski definition) is 0. The first kappa shape index (κ1) is 25.7. The summed E-state index contributed by atoms with van der Waals surface area (Å²) in [5, 5.41) is 0. The molecule has 1 aliphatic rings. The SMILES string of the molecule is COc1cc(COC(=O)c2ccc(OC)c(S(=O)(=O)N3CCCCCC3)c2)ccc1OC(F)F. The van der Waals surface area contributed by atoms with E-state index in [9.17, 15) is 22.0 Å². The smallest absolute Gasteiger partial charge is 0.387 e. The second-order valence-corrected chi connectivity index (χ2v) is 9.53. The first-order chi connectivity index (χ1) is 16.3. The highest BCUT2D eigenvalue weighted by molar-refractivity contribution is 7.89. The van der Waals surface area contributed by atoms with Crippen molar-refractivity contribution in [2.45, 2.75) is 43.8 Å². The van der Waals surface area contributed by atoms with E-state index in [0.29, 0.717) is 18.7 Å². The topological polar surface area (TPSA) is 91.4 Å². The molecule has 1 fully saturated rings. The summed E-state index contributed by atoms with van der Waals surface area (Å²) < 4.78 is 72.9. The standard InChI is InChI=1S/C23H27F2NO7S/c1-30-19-10-8-17(14-21(19)34(28,29)26-11-5-3-4-6-12-26)22(27)32-15-16-7-9-18(33-23(24)25)20(13-16)31-2/h7-10,13-14,23H,3-6,11-12,15H2,1-2H3. The summed E-state index contributed by atoms with van der Waals surface area (Å²) in [6.45, 7) is -2.38. The number of esters is 1. The lowest BCUT2D eigenvalue weighted by Gasteiger charge is -2.21. The fraction of sp³-hybridized carbons (Fsp3) is 0.435. The molecule has 3 rings (SSSR count). The van der Waals surface area contributed by atoms with Gasteiger partial charge in [-0.2, -0.15) is 13.1 Å². The fourth-order valence-electron chi connectivity index (χ4n) is 3.65. The number of hydrogen-bond acceptors (Lipinski definition) is 7. The van der Waals surface area contributed by atoms with E-state index < -0.39 is 22.6 Å². The molecule has 0 bridgehead atoms. The van der Waals surface area contributed by atoms with Crippen LogP contribution < -0.4 is 14.2 Å². The minimum atomic E-state index is -3.87. The second-order valence-electron chi connectivity index (χ2n) is 7.62. The zero-order valence-electron chi connectivity index (χ0n) is 19.0. The summed E-state index contributed by atoms with van der Waals surface area (Å²) in [5.41, 5.74) is 0.511. The van der Waals surface area contributed by atoms with Crippen LogP contribution in [0.5, 0.6) is 17.2 Å². The molecule has 0 spiro atoms. The van der Waals surface area contributed by atoms with Crippen molar-refractivity contribution in [2.24, 2.45) is 0 Å². The van der Waals surface area contributed by atoms with Gasteiger partial charge in [0.25, 0.3) is 0 Å². The van der Waals surface area contributed by atoms with Gasteiger partial charge in [-0.3, -0.25) is 0 Å². The number of ether oxygens (including phenoxy) is 4. The van der Waals surface area contributed by atoms with E-state index in [-0.39, 0.29) is 34.3 Å². The van der Waals surface area contributed by atoms with Crippen LogP contribution in [0, 0.1) is 0 Å². The van der Waals surface area contributed by atoms with Crippen molar-refractivity contribution in [2.75, 3.05) is 27.3 Å². The Balaban J connectivity index is 1.78. The van der Waals surface area contributed by atoms with E-state index in [1.165, 1.54) is 54.9 Å². The van der Waals surface area contributed by atoms with Crippen molar-refractivity contribution in [1.29, 1.82) is 0 Å². The van der Waals surface area contributed by atoms with Gasteiger partial charge in [0.05, 0.1) is 19.8 Å². The van der Waals surface area contributed by atoms with Crippen molar-refractivity contribution in [3.05, 3.63) is 47.5 Å². The lowest BCUT2D eigenvalue weighted by Crippen LogP contribution is -2.32. The van der Waals surface area contributed by atoms with Crippen LogP contribution in [0.25, 0.3) is 0 Å². The molecule has 186 valence electrons. The number of carbonyl (C=O) groups is 1. The monoisotopic (exact) mass is 499 g/mol. The fourth-order valence-corrected chi connectivity index (χ4v) is 5.35. The van der Waals surface area contributed by atoms with E-state index in [4.69, 9.17) is 14.2 Å². The van der Waals surface area contributed by atoms with E-state index in [0.717, 1.165) is 25.7 Å². The molecule has 0 aliphatic carbocycles. The Hall–Kier alpha value is -2.92. The Morgan fingerprint density at radius 1 is 0.941 bits per heavy atom. The van der Waals surface area contributed by atoms with Gasteiger partial charge in [0.15, 0.2) is 11.5 Å². The number of methoxy groups -OCH3 is 2. The van der Waals surface area contributed by atoms with Crippen LogP contribution in [0.2, 0.25) is 0 Å². The van der Waals surface area contributed by atoms with Crippen LogP contribution in [-0.2, 0) is 21.4 Å². The lowest BCUT2D eigenvalue weighted by atomic mass is 10.2. The molecule has 2 aromatic carbocycles. The van der Waals surface area contributed by atoms with Gasteiger partial charge >= 0.3 is 12.6 Å². The Kier molecular flexibility index (Phi) is 8.67. The largest absolute Gasteiger partial charge is 0.495 e. The first-order valence-corrected chi connectivity index (χ1v) is 12.2. The van der Waals surface area contributed by atoms with Crippen molar-refractivity contribution in [3.8, 4) is 17.2 Å². The molecule has 0 N–H and O–H groups in total. The lowest BCUT2D eigenvalue weighted by molar-refractivity contribution is -0.0512. The molecule has 0 amide bonds. The van der Waals surface area contributed by atoms with Gasteiger partial charge in [0.1, 0.15) is 17.3 Å². The maximum Gasteiger partial charge on any atom is 0.387 e. The number of nitrogens with zero attached hydrogens (tertiary/aromatic N) is 1. The van der Waals surface area contributed by atoms with Gasteiger partial charge < -0.3 is 18.9 Å². The average Bonchev–Trinajstić information content (AvgIpc) is 3.12. The molecular formula is C23H27F2NO7S. The van der Waals surface area contributed by atoms with Gasteiger partial charge in [0.2, 0.25) is 10.0 Å². The van der Waals surface area contributed by atoms with Crippen LogP contribution in [0.3, 0.4) is 0 Å². The summed E-state index contributed by atoms with van der Waals surface area (Å²) >= 11 is 0. The highest BCUT2D eigenvalue weighted by Gasteiger charge is 2.29. The molecule has 1 heterocycles. The molecule has 0 unspecified atom stereocenters. The van der Waals surface area contributed by atoms with E-state index in [1.807, 2.05) is 0 Å². The number of alkyl halides is 2. The Morgan fingerprint density at radius 2 is 1.59 bits per heavy atom. The minimum Gasteiger partial charge on any atom is -0.495 e. The number of carbonyl (C=O) groups excluding carboxylic acids is 1. The number of sulfonamides is 1. The highest BCUT2D eigenvalue weighted by Crippen LogP contribution is 2.31. The average molecular weight is 500 g/mol. The maximum absolute atomic E-state index is 13.3. The molecule has 0 aromatic heterocycles.